The monoisotopic (exact) mass is 277 g/mol. The maximum absolute atomic E-state index is 12.2. The molecule has 0 saturated carbocycles. The van der Waals surface area contributed by atoms with E-state index in [-0.39, 0.29) is 66.0 Å². The van der Waals surface area contributed by atoms with Crippen molar-refractivity contribution in [2.75, 3.05) is 0 Å². The van der Waals surface area contributed by atoms with Gasteiger partial charge in [-0.3, -0.25) is 24.5 Å². The number of hydrogen-bond donors (Lipinski definition) is 1. The second kappa shape index (κ2) is 5.69. The topological polar surface area (TPSA) is 80.3 Å². The number of carbonyl (C=O) groups excluding carboxylic acids is 4. The molecule has 2 aliphatic rings. The van der Waals surface area contributed by atoms with Crippen molar-refractivity contribution in [1.82, 2.24) is 5.32 Å². The number of piperidine rings is 1. The van der Waals surface area contributed by atoms with Gasteiger partial charge in [0.2, 0.25) is 11.8 Å². The lowest BCUT2D eigenvalue weighted by Crippen LogP contribution is -2.39. The third-order valence-corrected chi connectivity index (χ3v) is 3.89. The maximum atomic E-state index is 12.2. The van der Waals surface area contributed by atoms with Crippen molar-refractivity contribution in [1.29, 1.82) is 0 Å². The Kier molecular flexibility index (Phi) is 4.16. The first kappa shape index (κ1) is 14.6. The van der Waals surface area contributed by atoms with E-state index in [2.05, 4.69) is 5.32 Å². The minimum Gasteiger partial charge on any atom is -0.296 e. The predicted octanol–water partition coefficient (Wildman–Crippen LogP) is 1.17. The van der Waals surface area contributed by atoms with Crippen LogP contribution in [0.3, 0.4) is 0 Å². The fraction of sp³-hybridized carbons (Fsp3) is 0.600. The van der Waals surface area contributed by atoms with Crippen LogP contribution < -0.4 is 5.32 Å². The second-order valence-electron chi connectivity index (χ2n) is 5.93. The van der Waals surface area contributed by atoms with Gasteiger partial charge in [0.05, 0.1) is 5.57 Å². The van der Waals surface area contributed by atoms with E-state index in [1.165, 1.54) is 0 Å². The first-order valence-electron chi connectivity index (χ1n) is 6.98. The Morgan fingerprint density at radius 1 is 1.20 bits per heavy atom. The van der Waals surface area contributed by atoms with Gasteiger partial charge in [-0.2, -0.15) is 0 Å². The molecule has 0 spiro atoms. The summed E-state index contributed by atoms with van der Waals surface area (Å²) in [5.41, 5.74) is 0.259. The van der Waals surface area contributed by atoms with Gasteiger partial charge >= 0.3 is 0 Å². The van der Waals surface area contributed by atoms with Gasteiger partial charge in [-0.05, 0) is 18.3 Å². The van der Waals surface area contributed by atoms with Crippen LogP contribution in [0, 0.1) is 17.8 Å². The Hall–Kier alpha value is -1.78. The normalized spacial score (nSPS) is 28.1. The summed E-state index contributed by atoms with van der Waals surface area (Å²) in [5, 5.41) is 2.21. The van der Waals surface area contributed by atoms with Crippen LogP contribution in [0.15, 0.2) is 11.6 Å². The third kappa shape index (κ3) is 3.21. The molecule has 0 unspecified atom stereocenters. The summed E-state index contributed by atoms with van der Waals surface area (Å²) < 4.78 is 0. The number of nitrogens with one attached hydrogen (secondary N) is 1. The molecule has 2 rings (SSSR count). The highest BCUT2D eigenvalue weighted by molar-refractivity contribution is 6.21. The molecule has 0 aromatic carbocycles. The van der Waals surface area contributed by atoms with Gasteiger partial charge in [0.15, 0.2) is 11.6 Å². The Labute approximate surface area is 117 Å². The zero-order valence-corrected chi connectivity index (χ0v) is 11.8. The van der Waals surface area contributed by atoms with Gasteiger partial charge in [0.1, 0.15) is 0 Å². The van der Waals surface area contributed by atoms with Gasteiger partial charge in [0.25, 0.3) is 0 Å². The third-order valence-electron chi connectivity index (χ3n) is 3.89. The lowest BCUT2D eigenvalue weighted by atomic mass is 9.79. The van der Waals surface area contributed by atoms with Crippen molar-refractivity contribution >= 4 is 23.4 Å². The lowest BCUT2D eigenvalue weighted by molar-refractivity contribution is -0.135. The number of amides is 2. The first-order valence-corrected chi connectivity index (χ1v) is 6.98. The summed E-state index contributed by atoms with van der Waals surface area (Å²) in [6, 6.07) is 0. The average Bonchev–Trinajstić information content (AvgIpc) is 2.32. The van der Waals surface area contributed by atoms with Crippen LogP contribution in [-0.2, 0) is 19.2 Å². The summed E-state index contributed by atoms with van der Waals surface area (Å²) in [6.45, 7) is 3.81. The molecule has 1 aliphatic carbocycles. The minimum absolute atomic E-state index is 0.0934. The van der Waals surface area contributed by atoms with Gasteiger partial charge in [-0.25, -0.2) is 0 Å². The largest absolute Gasteiger partial charge is 0.296 e. The van der Waals surface area contributed by atoms with E-state index < -0.39 is 0 Å². The Bertz CT molecular complexity index is 490. The fourth-order valence-corrected chi connectivity index (χ4v) is 2.97. The van der Waals surface area contributed by atoms with E-state index >= 15 is 0 Å². The molecule has 0 bridgehead atoms. The molecule has 0 aromatic heterocycles. The number of hydrogen-bond acceptors (Lipinski definition) is 4. The van der Waals surface area contributed by atoms with Crippen molar-refractivity contribution in [3.63, 3.8) is 0 Å². The van der Waals surface area contributed by atoms with Crippen molar-refractivity contribution in [3.8, 4) is 0 Å². The first-order chi connectivity index (χ1) is 9.36. The van der Waals surface area contributed by atoms with E-state index in [0.717, 1.165) is 6.42 Å². The van der Waals surface area contributed by atoms with E-state index in [9.17, 15) is 19.2 Å². The molecular formula is C15H19NO4. The number of allylic oxidation sites excluding steroid dienone is 2. The standard InChI is InChI=1S/C15H19NO4/c1-8-3-9(2)15(20)11(4-8)12(17)5-10-6-13(18)16-14(19)7-10/h4,8-10H,3,5-7H2,1-2H3,(H,16,18,19)/t8-,9-/m0/s1. The number of rotatable bonds is 3. The summed E-state index contributed by atoms with van der Waals surface area (Å²) in [4.78, 5) is 46.9. The highest BCUT2D eigenvalue weighted by Gasteiger charge is 2.32. The number of Topliss-reactive ketones (excluding diaryl/α,β-unsaturated/α-hetero) is 2. The van der Waals surface area contributed by atoms with Crippen LogP contribution in [-0.4, -0.2) is 23.4 Å². The van der Waals surface area contributed by atoms with Crippen LogP contribution in [0.2, 0.25) is 0 Å². The molecule has 0 aromatic rings. The Morgan fingerprint density at radius 3 is 2.40 bits per heavy atom. The molecule has 2 atom stereocenters. The summed E-state index contributed by atoms with van der Waals surface area (Å²) in [6.07, 6.45) is 2.93. The van der Waals surface area contributed by atoms with E-state index in [4.69, 9.17) is 0 Å². The number of imide groups is 1. The van der Waals surface area contributed by atoms with E-state index in [1.807, 2.05) is 13.8 Å². The summed E-state index contributed by atoms with van der Waals surface area (Å²) in [7, 11) is 0. The van der Waals surface area contributed by atoms with Crippen LogP contribution in [0.1, 0.15) is 39.5 Å². The minimum atomic E-state index is -0.343. The lowest BCUT2D eigenvalue weighted by Gasteiger charge is -2.24. The highest BCUT2D eigenvalue weighted by Crippen LogP contribution is 2.28. The highest BCUT2D eigenvalue weighted by atomic mass is 16.2. The zero-order valence-electron chi connectivity index (χ0n) is 11.8. The Balaban J connectivity index is 2.06. The quantitative estimate of drug-likeness (QED) is 0.620. The van der Waals surface area contributed by atoms with Crippen LogP contribution in [0.5, 0.6) is 0 Å². The van der Waals surface area contributed by atoms with Crippen molar-refractivity contribution in [2.45, 2.75) is 39.5 Å². The molecule has 5 heteroatoms. The molecule has 0 radical (unpaired) electrons. The molecular weight excluding hydrogens is 258 g/mol. The molecule has 1 saturated heterocycles. The molecule has 1 aliphatic heterocycles. The molecule has 5 nitrogen and oxygen atoms in total. The number of carbonyl (C=O) groups is 4. The molecule has 1 N–H and O–H groups in total. The second-order valence-corrected chi connectivity index (χ2v) is 5.93. The van der Waals surface area contributed by atoms with E-state index in [0.29, 0.717) is 0 Å². The van der Waals surface area contributed by atoms with Gasteiger partial charge in [-0.15, -0.1) is 0 Å². The van der Waals surface area contributed by atoms with Crippen molar-refractivity contribution < 1.29 is 19.2 Å². The number of ketones is 2. The molecule has 1 fully saturated rings. The van der Waals surface area contributed by atoms with E-state index in [1.54, 1.807) is 6.08 Å². The van der Waals surface area contributed by atoms with Crippen LogP contribution in [0.25, 0.3) is 0 Å². The van der Waals surface area contributed by atoms with Gasteiger partial charge in [0, 0.05) is 25.2 Å². The molecule has 20 heavy (non-hydrogen) atoms. The van der Waals surface area contributed by atoms with Crippen molar-refractivity contribution in [3.05, 3.63) is 11.6 Å². The smallest absolute Gasteiger partial charge is 0.226 e. The molecule has 2 amide bonds. The average molecular weight is 277 g/mol. The SMILES string of the molecule is C[C@@H]1C=C(C(=O)CC2CC(=O)NC(=O)C2)C(=O)[C@@H](C)C1. The summed E-state index contributed by atoms with van der Waals surface area (Å²) >= 11 is 0. The zero-order chi connectivity index (χ0) is 14.9. The summed E-state index contributed by atoms with van der Waals surface area (Å²) in [5.74, 6) is -1.25. The van der Waals surface area contributed by atoms with Crippen LogP contribution >= 0.6 is 0 Å². The van der Waals surface area contributed by atoms with Crippen LogP contribution in [0.4, 0.5) is 0 Å². The maximum Gasteiger partial charge on any atom is 0.226 e. The van der Waals surface area contributed by atoms with Crippen molar-refractivity contribution in [2.24, 2.45) is 17.8 Å². The molecule has 108 valence electrons. The molecule has 1 heterocycles. The van der Waals surface area contributed by atoms with Gasteiger partial charge < -0.3 is 0 Å². The predicted molar refractivity (Wildman–Crippen MR) is 71.5 cm³/mol. The van der Waals surface area contributed by atoms with Gasteiger partial charge in [-0.1, -0.05) is 19.9 Å². The fourth-order valence-electron chi connectivity index (χ4n) is 2.97. The Morgan fingerprint density at radius 2 is 1.80 bits per heavy atom.